The third-order valence-corrected chi connectivity index (χ3v) is 2.04. The van der Waals surface area contributed by atoms with Crippen LogP contribution in [-0.4, -0.2) is 11.3 Å². The minimum Gasteiger partial charge on any atom is -0.441 e. The number of carbonyl (C=O) groups is 1. The summed E-state index contributed by atoms with van der Waals surface area (Å²) in [5, 5.41) is 0. The molecule has 0 radical (unpaired) electrons. The van der Waals surface area contributed by atoms with Gasteiger partial charge in [0, 0.05) is 5.56 Å². The number of hydrogen-bond acceptors (Lipinski definition) is 3. The molecule has 0 N–H and O–H groups in total. The van der Waals surface area contributed by atoms with Crippen molar-refractivity contribution >= 4 is 6.29 Å². The molecule has 15 heavy (non-hydrogen) atoms. The highest BCUT2D eigenvalue weighted by Gasteiger charge is 2.10. The van der Waals surface area contributed by atoms with Crippen LogP contribution in [0.1, 0.15) is 16.2 Å². The molecule has 0 spiro atoms. The Bertz CT molecular complexity index is 488. The quantitative estimate of drug-likeness (QED) is 0.708. The summed E-state index contributed by atoms with van der Waals surface area (Å²) in [6.45, 7) is 1.66. The highest BCUT2D eigenvalue weighted by molar-refractivity contribution is 5.74. The summed E-state index contributed by atoms with van der Waals surface area (Å²) in [5.41, 5.74) is 0.918. The van der Waals surface area contributed by atoms with Crippen LogP contribution in [0.4, 0.5) is 4.39 Å². The van der Waals surface area contributed by atoms with E-state index in [0.29, 0.717) is 23.5 Å². The van der Waals surface area contributed by atoms with Crippen molar-refractivity contribution in [3.8, 4) is 11.5 Å². The molecule has 0 aliphatic rings. The maximum absolute atomic E-state index is 12.6. The van der Waals surface area contributed by atoms with Crippen molar-refractivity contribution in [1.82, 2.24) is 4.98 Å². The van der Waals surface area contributed by atoms with Crippen LogP contribution in [0.25, 0.3) is 11.5 Å². The fraction of sp³-hybridized carbons (Fsp3) is 0.0909. The highest BCUT2D eigenvalue weighted by atomic mass is 19.1. The van der Waals surface area contributed by atoms with Crippen LogP contribution in [0, 0.1) is 12.7 Å². The van der Waals surface area contributed by atoms with Crippen molar-refractivity contribution in [3.05, 3.63) is 41.5 Å². The monoisotopic (exact) mass is 205 g/mol. The molecule has 2 aromatic rings. The second-order valence-electron chi connectivity index (χ2n) is 3.09. The number of nitrogens with zero attached hydrogens (tertiary/aromatic N) is 1. The first-order chi connectivity index (χ1) is 7.20. The number of halogens is 1. The van der Waals surface area contributed by atoms with Gasteiger partial charge in [-0.2, -0.15) is 0 Å². The van der Waals surface area contributed by atoms with Crippen LogP contribution in [0.5, 0.6) is 0 Å². The third-order valence-electron chi connectivity index (χ3n) is 2.04. The van der Waals surface area contributed by atoms with Gasteiger partial charge >= 0.3 is 0 Å². The smallest absolute Gasteiger partial charge is 0.226 e. The molecular formula is C11H8FNO2. The molecule has 1 aromatic heterocycles. The molecule has 0 amide bonds. The number of carbonyl (C=O) groups excluding carboxylic acids is 1. The van der Waals surface area contributed by atoms with Crippen LogP contribution in [-0.2, 0) is 0 Å². The normalized spacial score (nSPS) is 10.3. The Hall–Kier alpha value is -1.97. The van der Waals surface area contributed by atoms with Gasteiger partial charge < -0.3 is 4.42 Å². The van der Waals surface area contributed by atoms with Crippen LogP contribution < -0.4 is 0 Å². The van der Waals surface area contributed by atoms with Crippen molar-refractivity contribution < 1.29 is 13.6 Å². The first-order valence-electron chi connectivity index (χ1n) is 4.39. The Kier molecular flexibility index (Phi) is 2.33. The first kappa shape index (κ1) is 9.58. The number of oxazole rings is 1. The van der Waals surface area contributed by atoms with Crippen molar-refractivity contribution in [2.45, 2.75) is 6.92 Å². The summed E-state index contributed by atoms with van der Waals surface area (Å²) in [6, 6.07) is 5.73. The average molecular weight is 205 g/mol. The van der Waals surface area contributed by atoms with Gasteiger partial charge in [-0.15, -0.1) is 0 Å². The van der Waals surface area contributed by atoms with E-state index in [1.807, 2.05) is 0 Å². The van der Waals surface area contributed by atoms with Crippen molar-refractivity contribution in [3.63, 3.8) is 0 Å². The molecule has 0 bridgehead atoms. The number of rotatable bonds is 2. The summed E-state index contributed by atoms with van der Waals surface area (Å²) in [5.74, 6) is 0.469. The number of aldehydes is 1. The zero-order valence-electron chi connectivity index (χ0n) is 8.03. The molecule has 2 rings (SSSR count). The van der Waals surface area contributed by atoms with Gasteiger partial charge in [-0.1, -0.05) is 0 Å². The molecule has 1 heterocycles. The molecule has 4 heteroatoms. The van der Waals surface area contributed by atoms with E-state index in [2.05, 4.69) is 4.98 Å². The molecule has 76 valence electrons. The van der Waals surface area contributed by atoms with E-state index >= 15 is 0 Å². The zero-order valence-corrected chi connectivity index (χ0v) is 8.03. The molecule has 0 aliphatic heterocycles. The minimum absolute atomic E-state index is 0.273. The highest BCUT2D eigenvalue weighted by Crippen LogP contribution is 2.20. The fourth-order valence-corrected chi connectivity index (χ4v) is 1.23. The molecule has 0 saturated carbocycles. The van der Waals surface area contributed by atoms with E-state index in [1.54, 1.807) is 19.1 Å². The zero-order chi connectivity index (χ0) is 10.8. The van der Waals surface area contributed by atoms with Gasteiger partial charge in [0.05, 0.1) is 0 Å². The van der Waals surface area contributed by atoms with E-state index in [4.69, 9.17) is 4.42 Å². The summed E-state index contributed by atoms with van der Waals surface area (Å²) < 4.78 is 17.9. The van der Waals surface area contributed by atoms with Gasteiger partial charge in [-0.3, -0.25) is 4.79 Å². The lowest BCUT2D eigenvalue weighted by Crippen LogP contribution is -1.82. The van der Waals surface area contributed by atoms with Gasteiger partial charge in [-0.25, -0.2) is 9.37 Å². The summed E-state index contributed by atoms with van der Waals surface area (Å²) >= 11 is 0. The number of aromatic nitrogens is 1. The predicted molar refractivity (Wildman–Crippen MR) is 52.0 cm³/mol. The number of benzene rings is 1. The molecule has 0 unspecified atom stereocenters. The topological polar surface area (TPSA) is 43.1 Å². The first-order valence-corrected chi connectivity index (χ1v) is 4.39. The maximum Gasteiger partial charge on any atom is 0.226 e. The summed E-state index contributed by atoms with van der Waals surface area (Å²) in [6.07, 6.45) is 0.631. The second kappa shape index (κ2) is 3.65. The molecule has 1 aromatic carbocycles. The molecule has 0 saturated heterocycles. The van der Waals surface area contributed by atoms with Crippen LogP contribution >= 0.6 is 0 Å². The lowest BCUT2D eigenvalue weighted by atomic mass is 10.2. The standard InChI is InChI=1S/C11H8FNO2/c1-7-10(6-14)13-11(15-7)8-2-4-9(12)5-3-8/h2-6H,1H3. The van der Waals surface area contributed by atoms with Gasteiger partial charge in [0.1, 0.15) is 17.3 Å². The van der Waals surface area contributed by atoms with E-state index in [-0.39, 0.29) is 11.5 Å². The Labute approximate surface area is 85.6 Å². The fourth-order valence-electron chi connectivity index (χ4n) is 1.23. The molecule has 0 fully saturated rings. The van der Waals surface area contributed by atoms with Crippen LogP contribution in [0.2, 0.25) is 0 Å². The molecule has 3 nitrogen and oxygen atoms in total. The minimum atomic E-state index is -0.322. The average Bonchev–Trinajstić information content (AvgIpc) is 2.61. The third kappa shape index (κ3) is 1.79. The van der Waals surface area contributed by atoms with Crippen molar-refractivity contribution in [2.24, 2.45) is 0 Å². The lowest BCUT2D eigenvalue weighted by Gasteiger charge is -1.93. The Balaban J connectivity index is 2.45. The second-order valence-corrected chi connectivity index (χ2v) is 3.09. The predicted octanol–water partition coefficient (Wildman–Crippen LogP) is 2.60. The van der Waals surface area contributed by atoms with Gasteiger partial charge in [-0.05, 0) is 31.2 Å². The van der Waals surface area contributed by atoms with Crippen molar-refractivity contribution in [2.75, 3.05) is 0 Å². The largest absolute Gasteiger partial charge is 0.441 e. The molecule has 0 aliphatic carbocycles. The molecule has 0 atom stereocenters. The summed E-state index contributed by atoms with van der Waals surface area (Å²) in [7, 11) is 0. The van der Waals surface area contributed by atoms with Crippen molar-refractivity contribution in [1.29, 1.82) is 0 Å². The summed E-state index contributed by atoms with van der Waals surface area (Å²) in [4.78, 5) is 14.5. The Morgan fingerprint density at radius 2 is 2.00 bits per heavy atom. The van der Waals surface area contributed by atoms with E-state index in [0.717, 1.165) is 0 Å². The van der Waals surface area contributed by atoms with E-state index in [1.165, 1.54) is 12.1 Å². The Morgan fingerprint density at radius 1 is 1.33 bits per heavy atom. The van der Waals surface area contributed by atoms with Crippen LogP contribution in [0.15, 0.2) is 28.7 Å². The molecular weight excluding hydrogens is 197 g/mol. The lowest BCUT2D eigenvalue weighted by molar-refractivity contribution is 0.111. The maximum atomic E-state index is 12.6. The van der Waals surface area contributed by atoms with Gasteiger partial charge in [0.25, 0.3) is 0 Å². The van der Waals surface area contributed by atoms with E-state index < -0.39 is 0 Å². The number of aryl methyl sites for hydroxylation is 1. The SMILES string of the molecule is Cc1oc(-c2ccc(F)cc2)nc1C=O. The van der Waals surface area contributed by atoms with Gasteiger partial charge in [0.15, 0.2) is 6.29 Å². The van der Waals surface area contributed by atoms with Crippen LogP contribution in [0.3, 0.4) is 0 Å². The Morgan fingerprint density at radius 3 is 2.53 bits per heavy atom. The van der Waals surface area contributed by atoms with E-state index in [9.17, 15) is 9.18 Å². The number of hydrogen-bond donors (Lipinski definition) is 0. The van der Waals surface area contributed by atoms with Gasteiger partial charge in [0.2, 0.25) is 5.89 Å².